The third kappa shape index (κ3) is 1.69. The highest BCUT2D eigenvalue weighted by atomic mass is 15.3. The highest BCUT2D eigenvalue weighted by Gasteiger charge is 2.30. The molecule has 14 heavy (non-hydrogen) atoms. The number of hydrogen-bond donors (Lipinski definition) is 1. The first-order valence-electron chi connectivity index (χ1n) is 5.53. The minimum absolute atomic E-state index is 0.450. The van der Waals surface area contributed by atoms with Crippen molar-refractivity contribution in [1.29, 1.82) is 0 Å². The predicted octanol–water partition coefficient (Wildman–Crippen LogP) is 1.84. The summed E-state index contributed by atoms with van der Waals surface area (Å²) in [7, 11) is 0. The van der Waals surface area contributed by atoms with Gasteiger partial charge in [-0.05, 0) is 37.8 Å². The van der Waals surface area contributed by atoms with E-state index in [2.05, 4.69) is 25.1 Å². The zero-order valence-corrected chi connectivity index (χ0v) is 9.03. The molecule has 1 unspecified atom stereocenters. The third-order valence-electron chi connectivity index (χ3n) is 2.99. The van der Waals surface area contributed by atoms with Crippen LogP contribution in [0.1, 0.15) is 49.8 Å². The van der Waals surface area contributed by atoms with Gasteiger partial charge in [0.15, 0.2) is 0 Å². The molecule has 1 aliphatic rings. The highest BCUT2D eigenvalue weighted by molar-refractivity contribution is 5.28. The van der Waals surface area contributed by atoms with Gasteiger partial charge in [0.2, 0.25) is 0 Å². The Morgan fingerprint density at radius 1 is 1.64 bits per heavy atom. The molecule has 1 aromatic heterocycles. The summed E-state index contributed by atoms with van der Waals surface area (Å²) in [4.78, 5) is 0. The van der Waals surface area contributed by atoms with E-state index in [9.17, 15) is 0 Å². The summed E-state index contributed by atoms with van der Waals surface area (Å²) in [5.41, 5.74) is 8.39. The molecule has 0 aromatic carbocycles. The van der Waals surface area contributed by atoms with Gasteiger partial charge < -0.3 is 5.73 Å². The van der Waals surface area contributed by atoms with Gasteiger partial charge in [0.1, 0.15) is 0 Å². The molecular formula is C11H19N3. The van der Waals surface area contributed by atoms with Gasteiger partial charge in [-0.2, -0.15) is 5.10 Å². The van der Waals surface area contributed by atoms with Crippen LogP contribution >= 0.6 is 0 Å². The molecule has 1 heterocycles. The molecule has 0 amide bonds. The first-order chi connectivity index (χ1) is 6.76. The SMILES string of the molecule is CCn1cc(C(C)CN)c(C2CC2)n1. The Hall–Kier alpha value is -0.830. The molecule has 1 fully saturated rings. The molecule has 0 bridgehead atoms. The minimum Gasteiger partial charge on any atom is -0.330 e. The lowest BCUT2D eigenvalue weighted by Gasteiger charge is -2.07. The molecular weight excluding hydrogens is 174 g/mol. The van der Waals surface area contributed by atoms with Gasteiger partial charge in [0.05, 0.1) is 5.69 Å². The minimum atomic E-state index is 0.450. The van der Waals surface area contributed by atoms with E-state index in [1.807, 2.05) is 4.68 Å². The normalized spacial score (nSPS) is 18.5. The molecule has 1 aromatic rings. The van der Waals surface area contributed by atoms with Crippen molar-refractivity contribution in [3.8, 4) is 0 Å². The maximum absolute atomic E-state index is 5.71. The summed E-state index contributed by atoms with van der Waals surface area (Å²) in [5.74, 6) is 1.18. The smallest absolute Gasteiger partial charge is 0.0690 e. The average molecular weight is 193 g/mol. The van der Waals surface area contributed by atoms with Gasteiger partial charge >= 0.3 is 0 Å². The Labute approximate surface area is 85.3 Å². The molecule has 3 heteroatoms. The topological polar surface area (TPSA) is 43.8 Å². The van der Waals surface area contributed by atoms with Gasteiger partial charge in [0.25, 0.3) is 0 Å². The summed E-state index contributed by atoms with van der Waals surface area (Å²) in [6, 6.07) is 0. The van der Waals surface area contributed by atoms with Gasteiger partial charge in [0, 0.05) is 18.7 Å². The van der Waals surface area contributed by atoms with Crippen LogP contribution in [-0.2, 0) is 6.54 Å². The van der Waals surface area contributed by atoms with Crippen molar-refractivity contribution < 1.29 is 0 Å². The number of nitrogens with two attached hydrogens (primary N) is 1. The van der Waals surface area contributed by atoms with Crippen LogP contribution in [0.2, 0.25) is 0 Å². The number of aryl methyl sites for hydroxylation is 1. The largest absolute Gasteiger partial charge is 0.330 e. The second-order valence-corrected chi connectivity index (χ2v) is 4.24. The fraction of sp³-hybridized carbons (Fsp3) is 0.727. The molecule has 3 nitrogen and oxygen atoms in total. The quantitative estimate of drug-likeness (QED) is 0.793. The number of rotatable bonds is 4. The number of hydrogen-bond acceptors (Lipinski definition) is 2. The van der Waals surface area contributed by atoms with Gasteiger partial charge in [-0.15, -0.1) is 0 Å². The Kier molecular flexibility index (Phi) is 2.59. The highest BCUT2D eigenvalue weighted by Crippen LogP contribution is 2.42. The maximum atomic E-state index is 5.71. The summed E-state index contributed by atoms with van der Waals surface area (Å²) < 4.78 is 2.04. The molecule has 0 saturated heterocycles. The maximum Gasteiger partial charge on any atom is 0.0690 e. The van der Waals surface area contributed by atoms with Crippen LogP contribution in [-0.4, -0.2) is 16.3 Å². The van der Waals surface area contributed by atoms with Crippen LogP contribution in [0.25, 0.3) is 0 Å². The predicted molar refractivity (Wildman–Crippen MR) is 57.3 cm³/mol. The van der Waals surface area contributed by atoms with Crippen molar-refractivity contribution in [1.82, 2.24) is 9.78 Å². The fourth-order valence-corrected chi connectivity index (χ4v) is 1.79. The van der Waals surface area contributed by atoms with E-state index in [4.69, 9.17) is 5.73 Å². The van der Waals surface area contributed by atoms with Crippen molar-refractivity contribution in [2.45, 2.75) is 45.1 Å². The van der Waals surface area contributed by atoms with Crippen molar-refractivity contribution >= 4 is 0 Å². The summed E-state index contributed by atoms with van der Waals surface area (Å²) in [5, 5.41) is 4.62. The first-order valence-corrected chi connectivity index (χ1v) is 5.53. The molecule has 2 N–H and O–H groups in total. The Morgan fingerprint density at radius 3 is 2.86 bits per heavy atom. The van der Waals surface area contributed by atoms with E-state index in [0.29, 0.717) is 5.92 Å². The van der Waals surface area contributed by atoms with Gasteiger partial charge in [-0.3, -0.25) is 4.68 Å². The van der Waals surface area contributed by atoms with Crippen LogP contribution in [0, 0.1) is 0 Å². The Balaban J connectivity index is 2.30. The van der Waals surface area contributed by atoms with Crippen LogP contribution < -0.4 is 5.73 Å². The molecule has 1 aliphatic carbocycles. The van der Waals surface area contributed by atoms with E-state index < -0.39 is 0 Å². The molecule has 0 spiro atoms. The van der Waals surface area contributed by atoms with Crippen molar-refractivity contribution in [2.75, 3.05) is 6.54 Å². The van der Waals surface area contributed by atoms with Crippen molar-refractivity contribution in [3.63, 3.8) is 0 Å². The van der Waals surface area contributed by atoms with E-state index >= 15 is 0 Å². The first kappa shape index (κ1) is 9.71. The van der Waals surface area contributed by atoms with E-state index in [0.717, 1.165) is 19.0 Å². The van der Waals surface area contributed by atoms with Gasteiger partial charge in [-0.25, -0.2) is 0 Å². The lowest BCUT2D eigenvalue weighted by Crippen LogP contribution is -2.09. The van der Waals surface area contributed by atoms with Crippen molar-refractivity contribution in [2.24, 2.45) is 5.73 Å². The summed E-state index contributed by atoms with van der Waals surface area (Å²) in [6.45, 7) is 5.98. The van der Waals surface area contributed by atoms with Crippen LogP contribution in [0.15, 0.2) is 6.20 Å². The molecule has 78 valence electrons. The molecule has 1 saturated carbocycles. The third-order valence-corrected chi connectivity index (χ3v) is 2.99. The zero-order chi connectivity index (χ0) is 10.1. The standard InChI is InChI=1S/C11H19N3/c1-3-14-7-10(8(2)6-12)11(13-14)9-4-5-9/h7-9H,3-6,12H2,1-2H3. The monoisotopic (exact) mass is 193 g/mol. The van der Waals surface area contributed by atoms with Crippen LogP contribution in [0.3, 0.4) is 0 Å². The van der Waals surface area contributed by atoms with Crippen molar-refractivity contribution in [3.05, 3.63) is 17.5 Å². The summed E-state index contributed by atoms with van der Waals surface area (Å²) in [6.07, 6.45) is 4.79. The lowest BCUT2D eigenvalue weighted by molar-refractivity contribution is 0.647. The van der Waals surface area contributed by atoms with E-state index in [-0.39, 0.29) is 0 Å². The van der Waals surface area contributed by atoms with E-state index in [1.165, 1.54) is 24.1 Å². The number of nitrogens with zero attached hydrogens (tertiary/aromatic N) is 2. The zero-order valence-electron chi connectivity index (χ0n) is 9.03. The second-order valence-electron chi connectivity index (χ2n) is 4.24. The Bertz CT molecular complexity index is 312. The molecule has 0 radical (unpaired) electrons. The van der Waals surface area contributed by atoms with Gasteiger partial charge in [-0.1, -0.05) is 6.92 Å². The molecule has 0 aliphatic heterocycles. The number of aromatic nitrogens is 2. The molecule has 2 rings (SSSR count). The average Bonchev–Trinajstić information content (AvgIpc) is 2.97. The summed E-state index contributed by atoms with van der Waals surface area (Å²) >= 11 is 0. The fourth-order valence-electron chi connectivity index (χ4n) is 1.79. The molecule has 1 atom stereocenters. The van der Waals surface area contributed by atoms with Crippen LogP contribution in [0.4, 0.5) is 0 Å². The second kappa shape index (κ2) is 3.73. The lowest BCUT2D eigenvalue weighted by atomic mass is 10.0. The van der Waals surface area contributed by atoms with Crippen LogP contribution in [0.5, 0.6) is 0 Å². The van der Waals surface area contributed by atoms with E-state index in [1.54, 1.807) is 0 Å². The Morgan fingerprint density at radius 2 is 2.36 bits per heavy atom.